The Bertz CT molecular complexity index is 1020. The van der Waals surface area contributed by atoms with Crippen molar-refractivity contribution in [2.24, 2.45) is 0 Å². The van der Waals surface area contributed by atoms with E-state index in [1.54, 1.807) is 30.5 Å². The van der Waals surface area contributed by atoms with Gasteiger partial charge in [-0.1, -0.05) is 35.9 Å². The number of para-hydroxylation sites is 1. The highest BCUT2D eigenvalue weighted by atomic mass is 35.5. The molecule has 4 rings (SSSR count). The summed E-state index contributed by atoms with van der Waals surface area (Å²) >= 11 is 5.93. The van der Waals surface area contributed by atoms with Crippen molar-refractivity contribution in [1.82, 2.24) is 9.55 Å². The van der Waals surface area contributed by atoms with Crippen LogP contribution in [-0.2, 0) is 0 Å². The first-order valence-corrected chi connectivity index (χ1v) is 7.94. The number of hydrogen-bond donors (Lipinski definition) is 0. The third-order valence-corrected chi connectivity index (χ3v) is 4.18. The number of benzene rings is 2. The molecular formula is C20H13ClN2O. The van der Waals surface area contributed by atoms with Gasteiger partial charge in [0.05, 0.1) is 11.2 Å². The number of aromatic nitrogens is 2. The number of fused-ring (bicyclic) bond motifs is 1. The molecule has 2 aromatic heterocycles. The van der Waals surface area contributed by atoms with Crippen LogP contribution < -0.4 is 0 Å². The average Bonchev–Trinajstić information content (AvgIpc) is 3.02. The van der Waals surface area contributed by atoms with Crippen LogP contribution in [0.4, 0.5) is 0 Å². The summed E-state index contributed by atoms with van der Waals surface area (Å²) in [6.45, 7) is 0. The summed E-state index contributed by atoms with van der Waals surface area (Å²) in [6.07, 6.45) is 1.72. The van der Waals surface area contributed by atoms with Crippen LogP contribution in [-0.4, -0.2) is 15.3 Å². The van der Waals surface area contributed by atoms with Gasteiger partial charge >= 0.3 is 0 Å². The maximum Gasteiger partial charge on any atom is 0.209 e. The van der Waals surface area contributed by atoms with Gasteiger partial charge in [-0.25, -0.2) is 4.98 Å². The van der Waals surface area contributed by atoms with Gasteiger partial charge in [-0.2, -0.15) is 0 Å². The molecule has 0 amide bonds. The highest BCUT2D eigenvalue weighted by molar-refractivity contribution is 6.30. The Morgan fingerprint density at radius 3 is 2.42 bits per heavy atom. The van der Waals surface area contributed by atoms with Crippen LogP contribution in [0.25, 0.3) is 16.7 Å². The molecule has 2 heterocycles. The second kappa shape index (κ2) is 5.95. The van der Waals surface area contributed by atoms with Crippen molar-refractivity contribution in [2.75, 3.05) is 0 Å². The van der Waals surface area contributed by atoms with Crippen LogP contribution >= 0.6 is 11.6 Å². The van der Waals surface area contributed by atoms with E-state index < -0.39 is 0 Å². The molecule has 0 saturated heterocycles. The van der Waals surface area contributed by atoms with Gasteiger partial charge in [0.25, 0.3) is 0 Å². The first-order valence-electron chi connectivity index (χ1n) is 7.56. The van der Waals surface area contributed by atoms with Gasteiger partial charge in [0, 0.05) is 22.2 Å². The molecule has 0 aliphatic rings. The molecule has 0 aliphatic carbocycles. The number of carbonyl (C=O) groups excluding carboxylic acids is 1. The fourth-order valence-corrected chi connectivity index (χ4v) is 2.93. The summed E-state index contributed by atoms with van der Waals surface area (Å²) < 4.78 is 1.90. The van der Waals surface area contributed by atoms with Crippen molar-refractivity contribution in [3.05, 3.63) is 95.3 Å². The summed E-state index contributed by atoms with van der Waals surface area (Å²) in [5.74, 6) is 0.657. The molecule has 0 bridgehead atoms. The quantitative estimate of drug-likeness (QED) is 0.500. The largest absolute Gasteiger partial charge is 0.290 e. The van der Waals surface area contributed by atoms with E-state index in [9.17, 15) is 4.79 Å². The predicted octanol–water partition coefficient (Wildman–Crippen LogP) is 4.91. The molecule has 0 N–H and O–H groups in total. The zero-order valence-electron chi connectivity index (χ0n) is 12.7. The van der Waals surface area contributed by atoms with Gasteiger partial charge in [-0.05, 0) is 48.5 Å². The van der Waals surface area contributed by atoms with Crippen molar-refractivity contribution < 1.29 is 4.79 Å². The lowest BCUT2D eigenvalue weighted by molar-refractivity contribution is 0.103. The molecule has 2 aromatic carbocycles. The second-order valence-electron chi connectivity index (χ2n) is 5.45. The number of nitrogens with zero attached hydrogens (tertiary/aromatic N) is 2. The lowest BCUT2D eigenvalue weighted by Crippen LogP contribution is -2.09. The Morgan fingerprint density at radius 2 is 1.67 bits per heavy atom. The van der Waals surface area contributed by atoms with Crippen molar-refractivity contribution in [3.8, 4) is 5.82 Å². The molecule has 0 atom stereocenters. The fraction of sp³-hybridized carbons (Fsp3) is 0. The Kier molecular flexibility index (Phi) is 3.63. The average molecular weight is 333 g/mol. The highest BCUT2D eigenvalue weighted by Crippen LogP contribution is 2.25. The van der Waals surface area contributed by atoms with E-state index in [0.29, 0.717) is 16.3 Å². The third kappa shape index (κ3) is 2.49. The van der Waals surface area contributed by atoms with Crippen molar-refractivity contribution in [1.29, 1.82) is 0 Å². The van der Waals surface area contributed by atoms with Crippen LogP contribution in [0.2, 0.25) is 5.02 Å². The Balaban J connectivity index is 1.95. The minimum absolute atomic E-state index is 0.0616. The zero-order valence-corrected chi connectivity index (χ0v) is 13.4. The Morgan fingerprint density at radius 1 is 0.917 bits per heavy atom. The molecule has 4 heteroatoms. The van der Waals surface area contributed by atoms with Crippen LogP contribution in [0.15, 0.2) is 79.0 Å². The van der Waals surface area contributed by atoms with E-state index in [2.05, 4.69) is 4.98 Å². The normalized spacial score (nSPS) is 10.9. The molecule has 0 radical (unpaired) electrons. The van der Waals surface area contributed by atoms with Crippen LogP contribution in [0.3, 0.4) is 0 Å². The highest BCUT2D eigenvalue weighted by Gasteiger charge is 2.18. The van der Waals surface area contributed by atoms with E-state index in [1.165, 1.54) is 0 Å². The molecule has 0 aliphatic heterocycles. The van der Waals surface area contributed by atoms with Crippen LogP contribution in [0.1, 0.15) is 16.1 Å². The lowest BCUT2D eigenvalue weighted by Gasteiger charge is -2.09. The zero-order chi connectivity index (χ0) is 16.5. The second-order valence-corrected chi connectivity index (χ2v) is 5.88. The monoisotopic (exact) mass is 332 g/mol. The number of rotatable bonds is 3. The van der Waals surface area contributed by atoms with E-state index in [4.69, 9.17) is 11.6 Å². The number of ketones is 1. The molecule has 4 aromatic rings. The minimum Gasteiger partial charge on any atom is -0.290 e. The molecule has 0 fully saturated rings. The van der Waals surface area contributed by atoms with Crippen molar-refractivity contribution >= 4 is 28.3 Å². The maximum absolute atomic E-state index is 13.0. The topological polar surface area (TPSA) is 34.9 Å². The van der Waals surface area contributed by atoms with Gasteiger partial charge in [0.2, 0.25) is 5.78 Å². The summed E-state index contributed by atoms with van der Waals surface area (Å²) in [4.78, 5) is 17.4. The van der Waals surface area contributed by atoms with Gasteiger partial charge < -0.3 is 0 Å². The van der Waals surface area contributed by atoms with Crippen molar-refractivity contribution in [2.45, 2.75) is 0 Å². The molecule has 24 heavy (non-hydrogen) atoms. The van der Waals surface area contributed by atoms with Crippen molar-refractivity contribution in [3.63, 3.8) is 0 Å². The van der Waals surface area contributed by atoms with Gasteiger partial charge in [-0.3, -0.25) is 9.36 Å². The summed E-state index contributed by atoms with van der Waals surface area (Å²) in [6, 6.07) is 22.4. The van der Waals surface area contributed by atoms with E-state index >= 15 is 0 Å². The lowest BCUT2D eigenvalue weighted by atomic mass is 10.1. The van der Waals surface area contributed by atoms with Gasteiger partial charge in [-0.15, -0.1) is 0 Å². The van der Waals surface area contributed by atoms with Gasteiger partial charge in [0.1, 0.15) is 5.82 Å². The summed E-state index contributed by atoms with van der Waals surface area (Å²) in [5, 5.41) is 1.61. The SMILES string of the molecule is O=C(c1ccc(Cl)cc1)c1cc2ccccc2n1-c1ccccn1. The molecule has 116 valence electrons. The minimum atomic E-state index is -0.0616. The summed E-state index contributed by atoms with van der Waals surface area (Å²) in [5.41, 5.74) is 2.13. The fourth-order valence-electron chi connectivity index (χ4n) is 2.80. The van der Waals surface area contributed by atoms with E-state index in [0.717, 1.165) is 16.7 Å². The maximum atomic E-state index is 13.0. The first kappa shape index (κ1) is 14.7. The molecule has 0 unspecified atom stereocenters. The van der Waals surface area contributed by atoms with Gasteiger partial charge in [0.15, 0.2) is 0 Å². The molecule has 3 nitrogen and oxygen atoms in total. The smallest absolute Gasteiger partial charge is 0.209 e. The standard InChI is InChI=1S/C20H13ClN2O/c21-16-10-8-14(9-11-16)20(24)18-13-15-5-1-2-6-17(15)23(18)19-7-3-4-12-22-19/h1-13H. The van der Waals surface area contributed by atoms with E-state index in [1.807, 2.05) is 53.1 Å². The Labute approximate surface area is 144 Å². The number of pyridine rings is 1. The van der Waals surface area contributed by atoms with E-state index in [-0.39, 0.29) is 5.78 Å². The third-order valence-electron chi connectivity index (χ3n) is 3.93. The summed E-state index contributed by atoms with van der Waals surface area (Å²) in [7, 11) is 0. The number of carbonyl (C=O) groups is 1. The van der Waals surface area contributed by atoms with Crippen LogP contribution in [0.5, 0.6) is 0 Å². The number of hydrogen-bond acceptors (Lipinski definition) is 2. The molecule has 0 saturated carbocycles. The Hall–Kier alpha value is -2.91. The molecular weight excluding hydrogens is 320 g/mol. The number of halogens is 1. The predicted molar refractivity (Wildman–Crippen MR) is 96.0 cm³/mol. The first-order chi connectivity index (χ1) is 11.7. The molecule has 0 spiro atoms. The van der Waals surface area contributed by atoms with Crippen LogP contribution in [0, 0.1) is 0 Å².